The van der Waals surface area contributed by atoms with Gasteiger partial charge < -0.3 is 10.1 Å². The molecular weight excluding hydrogens is 400 g/mol. The quantitative estimate of drug-likeness (QED) is 0.627. The van der Waals surface area contributed by atoms with Crippen molar-refractivity contribution in [3.05, 3.63) is 68.0 Å². The molecule has 4 rings (SSSR count). The molecule has 1 N–H and O–H groups in total. The summed E-state index contributed by atoms with van der Waals surface area (Å²) in [4.78, 5) is 55.5. The lowest BCUT2D eigenvalue weighted by molar-refractivity contribution is -0.116. The van der Waals surface area contributed by atoms with Gasteiger partial charge >= 0.3 is 11.7 Å². The lowest BCUT2D eigenvalue weighted by atomic mass is 10.1. The summed E-state index contributed by atoms with van der Waals surface area (Å²) in [7, 11) is 2.69. The first-order chi connectivity index (χ1) is 14.8. The van der Waals surface area contributed by atoms with Gasteiger partial charge in [-0.2, -0.15) is 0 Å². The molecule has 0 bridgehead atoms. The van der Waals surface area contributed by atoms with Gasteiger partial charge in [0.2, 0.25) is 5.91 Å². The molecule has 2 aromatic heterocycles. The summed E-state index contributed by atoms with van der Waals surface area (Å²) >= 11 is 0. The highest BCUT2D eigenvalue weighted by molar-refractivity contribution is 6.02. The number of amides is 1. The van der Waals surface area contributed by atoms with Crippen molar-refractivity contribution in [2.45, 2.75) is 32.2 Å². The number of pyridine rings is 1. The molecule has 9 heteroatoms. The van der Waals surface area contributed by atoms with Crippen molar-refractivity contribution < 1.29 is 14.3 Å². The largest absolute Gasteiger partial charge is 0.465 e. The number of fused-ring (bicyclic) bond motifs is 1. The van der Waals surface area contributed by atoms with E-state index in [0.717, 1.165) is 23.0 Å². The number of hydrogen-bond acceptors (Lipinski definition) is 6. The lowest BCUT2D eigenvalue weighted by Gasteiger charge is -2.14. The Morgan fingerprint density at radius 3 is 2.61 bits per heavy atom. The van der Waals surface area contributed by atoms with Crippen LogP contribution in [0.3, 0.4) is 0 Å². The second-order valence-electron chi connectivity index (χ2n) is 7.71. The molecule has 0 aliphatic heterocycles. The van der Waals surface area contributed by atoms with Gasteiger partial charge in [-0.25, -0.2) is 14.6 Å². The van der Waals surface area contributed by atoms with Crippen LogP contribution in [0.15, 0.2) is 39.9 Å². The number of ether oxygens (including phenoxy) is 1. The number of nitrogens with zero attached hydrogens (tertiary/aromatic N) is 3. The molecule has 0 unspecified atom stereocenters. The molecule has 1 aliphatic carbocycles. The Morgan fingerprint density at radius 1 is 1.23 bits per heavy atom. The summed E-state index contributed by atoms with van der Waals surface area (Å²) in [5, 5.41) is 2.64. The fourth-order valence-corrected chi connectivity index (χ4v) is 3.56. The zero-order chi connectivity index (χ0) is 22.3. The zero-order valence-electron chi connectivity index (χ0n) is 17.5. The monoisotopic (exact) mass is 422 g/mol. The minimum Gasteiger partial charge on any atom is -0.465 e. The van der Waals surface area contributed by atoms with Gasteiger partial charge in [-0.3, -0.25) is 18.7 Å². The molecule has 1 fully saturated rings. The zero-order valence-corrected chi connectivity index (χ0v) is 17.5. The van der Waals surface area contributed by atoms with E-state index in [9.17, 15) is 19.2 Å². The molecule has 1 aliphatic rings. The Morgan fingerprint density at radius 2 is 1.97 bits per heavy atom. The van der Waals surface area contributed by atoms with Gasteiger partial charge in [0.25, 0.3) is 5.56 Å². The van der Waals surface area contributed by atoms with E-state index in [4.69, 9.17) is 4.74 Å². The second kappa shape index (κ2) is 7.82. The van der Waals surface area contributed by atoms with Gasteiger partial charge in [-0.15, -0.1) is 0 Å². The van der Waals surface area contributed by atoms with E-state index in [2.05, 4.69) is 10.3 Å². The number of carbonyl (C=O) groups is 2. The third-order valence-corrected chi connectivity index (χ3v) is 5.32. The Kier molecular flexibility index (Phi) is 5.18. The Hall–Kier alpha value is -3.75. The van der Waals surface area contributed by atoms with Gasteiger partial charge in [0, 0.05) is 24.3 Å². The normalized spacial score (nSPS) is 13.3. The molecule has 2 heterocycles. The van der Waals surface area contributed by atoms with Crippen molar-refractivity contribution in [3.8, 4) is 0 Å². The van der Waals surface area contributed by atoms with Crippen LogP contribution in [0, 0.1) is 6.92 Å². The van der Waals surface area contributed by atoms with Gasteiger partial charge in [0.15, 0.2) is 0 Å². The fraction of sp³-hybridized carbons (Fsp3) is 0.318. The summed E-state index contributed by atoms with van der Waals surface area (Å²) < 4.78 is 6.85. The molecule has 0 atom stereocenters. The topological polar surface area (TPSA) is 112 Å². The standard InChI is InChI=1S/C22H22N4O5/c1-12-5-4-6-14(9-12)23-17(27)11-26-20(28)18-15(21(29)31-3)10-16(13-7-8-13)24-19(18)25(2)22(26)30/h4-6,9-10,13H,7-8,11H2,1-3H3,(H,23,27). The average molecular weight is 422 g/mol. The summed E-state index contributed by atoms with van der Waals surface area (Å²) in [6.45, 7) is 1.39. The SMILES string of the molecule is COC(=O)c1cc(C2CC2)nc2c1c(=O)n(CC(=O)Nc1cccc(C)c1)c(=O)n2C. The van der Waals surface area contributed by atoms with Gasteiger partial charge in [0.1, 0.15) is 12.2 Å². The number of hydrogen-bond donors (Lipinski definition) is 1. The molecule has 0 spiro atoms. The summed E-state index contributed by atoms with van der Waals surface area (Å²) in [5.41, 5.74) is 0.870. The number of benzene rings is 1. The summed E-state index contributed by atoms with van der Waals surface area (Å²) in [6.07, 6.45) is 1.87. The van der Waals surface area contributed by atoms with Crippen LogP contribution in [-0.2, 0) is 23.1 Å². The Bertz CT molecular complexity index is 1330. The van der Waals surface area contributed by atoms with Crippen molar-refractivity contribution in [1.29, 1.82) is 0 Å². The molecule has 160 valence electrons. The van der Waals surface area contributed by atoms with Crippen LogP contribution < -0.4 is 16.6 Å². The van der Waals surface area contributed by atoms with Crippen molar-refractivity contribution >= 4 is 28.6 Å². The molecule has 9 nitrogen and oxygen atoms in total. The highest BCUT2D eigenvalue weighted by Gasteiger charge is 2.29. The number of anilines is 1. The maximum absolute atomic E-state index is 13.2. The van der Waals surface area contributed by atoms with Crippen LogP contribution in [0.4, 0.5) is 5.69 Å². The van der Waals surface area contributed by atoms with Gasteiger partial charge in [0.05, 0.1) is 18.1 Å². The highest BCUT2D eigenvalue weighted by Crippen LogP contribution is 2.39. The third kappa shape index (κ3) is 3.86. The first-order valence-electron chi connectivity index (χ1n) is 9.89. The maximum atomic E-state index is 13.2. The Balaban J connectivity index is 1.82. The number of rotatable bonds is 5. The predicted octanol–water partition coefficient (Wildman–Crippen LogP) is 1.71. The van der Waals surface area contributed by atoms with Crippen LogP contribution in [0.2, 0.25) is 0 Å². The van der Waals surface area contributed by atoms with Crippen LogP contribution in [0.1, 0.15) is 40.4 Å². The lowest BCUT2D eigenvalue weighted by Crippen LogP contribution is -2.42. The van der Waals surface area contributed by atoms with E-state index in [0.29, 0.717) is 11.4 Å². The molecule has 0 saturated heterocycles. The number of carbonyl (C=O) groups excluding carboxylic acids is 2. The molecule has 1 saturated carbocycles. The Labute approximate surface area is 177 Å². The van der Waals surface area contributed by atoms with Crippen molar-refractivity contribution in [2.24, 2.45) is 7.05 Å². The van der Waals surface area contributed by atoms with Crippen molar-refractivity contribution in [3.63, 3.8) is 0 Å². The third-order valence-electron chi connectivity index (χ3n) is 5.32. The van der Waals surface area contributed by atoms with Crippen molar-refractivity contribution in [1.82, 2.24) is 14.1 Å². The molecule has 31 heavy (non-hydrogen) atoms. The molecule has 0 radical (unpaired) electrons. The van der Waals surface area contributed by atoms with Crippen molar-refractivity contribution in [2.75, 3.05) is 12.4 Å². The van der Waals surface area contributed by atoms with E-state index in [-0.39, 0.29) is 22.5 Å². The number of aryl methyl sites for hydroxylation is 2. The molecule has 1 amide bonds. The first kappa shape index (κ1) is 20.5. The van der Waals surface area contributed by atoms with E-state index in [1.54, 1.807) is 24.3 Å². The van der Waals surface area contributed by atoms with Gasteiger partial charge in [-0.05, 0) is 43.5 Å². The van der Waals surface area contributed by atoms with Crippen LogP contribution in [-0.4, -0.2) is 33.1 Å². The van der Waals surface area contributed by atoms with E-state index < -0.39 is 29.7 Å². The van der Waals surface area contributed by atoms with E-state index in [1.165, 1.54) is 18.7 Å². The van der Waals surface area contributed by atoms with Crippen LogP contribution in [0.5, 0.6) is 0 Å². The minimum absolute atomic E-state index is 0.0401. The smallest absolute Gasteiger partial charge is 0.338 e. The molecule has 3 aromatic rings. The first-order valence-corrected chi connectivity index (χ1v) is 9.89. The number of methoxy groups -OCH3 is 1. The summed E-state index contributed by atoms with van der Waals surface area (Å²) in [5.74, 6) is -1.03. The average Bonchev–Trinajstić information content (AvgIpc) is 3.59. The van der Waals surface area contributed by atoms with E-state index >= 15 is 0 Å². The maximum Gasteiger partial charge on any atom is 0.338 e. The van der Waals surface area contributed by atoms with Crippen LogP contribution >= 0.6 is 0 Å². The molecular formula is C22H22N4O5. The summed E-state index contributed by atoms with van der Waals surface area (Å²) in [6, 6.07) is 8.71. The van der Waals surface area contributed by atoms with Gasteiger partial charge in [-0.1, -0.05) is 12.1 Å². The number of esters is 1. The second-order valence-corrected chi connectivity index (χ2v) is 7.71. The number of nitrogens with one attached hydrogen (secondary N) is 1. The predicted molar refractivity (Wildman–Crippen MR) is 114 cm³/mol. The van der Waals surface area contributed by atoms with E-state index in [1.807, 2.05) is 13.0 Å². The highest BCUT2D eigenvalue weighted by atomic mass is 16.5. The van der Waals surface area contributed by atoms with Crippen LogP contribution in [0.25, 0.3) is 11.0 Å². The molecule has 1 aromatic carbocycles. The number of aromatic nitrogens is 3. The fourth-order valence-electron chi connectivity index (χ4n) is 3.56. The minimum atomic E-state index is -0.757.